The van der Waals surface area contributed by atoms with E-state index in [9.17, 15) is 0 Å². The lowest BCUT2D eigenvalue weighted by atomic mass is 10.1. The van der Waals surface area contributed by atoms with Crippen molar-refractivity contribution in [3.8, 4) is 11.3 Å². The molecule has 0 saturated heterocycles. The van der Waals surface area contributed by atoms with Crippen molar-refractivity contribution in [2.75, 3.05) is 12.4 Å². The fraction of sp³-hybridized carbons (Fsp3) is 0.150. The fourth-order valence-corrected chi connectivity index (χ4v) is 2.95. The Morgan fingerprint density at radius 1 is 1.00 bits per heavy atom. The van der Waals surface area contributed by atoms with Gasteiger partial charge in [0.2, 0.25) is 5.95 Å². The van der Waals surface area contributed by atoms with Crippen molar-refractivity contribution in [3.05, 3.63) is 71.9 Å². The molecule has 0 amide bonds. The molecule has 2 aromatic heterocycles. The minimum Gasteiger partial charge on any atom is -0.357 e. The van der Waals surface area contributed by atoms with E-state index in [0.717, 1.165) is 33.4 Å². The van der Waals surface area contributed by atoms with Gasteiger partial charge in [-0.25, -0.2) is 9.67 Å². The molecule has 0 radical (unpaired) electrons. The minimum absolute atomic E-state index is 0.544. The Hall–Kier alpha value is -3.25. The molecule has 0 spiro atoms. The van der Waals surface area contributed by atoms with Gasteiger partial charge in [-0.1, -0.05) is 54.6 Å². The SMILES string of the molecule is CNc1ncc2c(-c3ccccc3)nn(Cc3ccc(CN)cc3)c2n1. The number of hydrogen-bond acceptors (Lipinski definition) is 5. The van der Waals surface area contributed by atoms with Crippen LogP contribution < -0.4 is 11.1 Å². The highest BCUT2D eigenvalue weighted by Crippen LogP contribution is 2.27. The van der Waals surface area contributed by atoms with E-state index in [2.05, 4.69) is 27.4 Å². The van der Waals surface area contributed by atoms with Gasteiger partial charge in [-0.2, -0.15) is 10.1 Å². The van der Waals surface area contributed by atoms with Crippen molar-refractivity contribution >= 4 is 17.0 Å². The number of aromatic nitrogens is 4. The van der Waals surface area contributed by atoms with Crippen LogP contribution in [-0.2, 0) is 13.1 Å². The fourth-order valence-electron chi connectivity index (χ4n) is 2.95. The first kappa shape index (κ1) is 16.2. The summed E-state index contributed by atoms with van der Waals surface area (Å²) in [5.41, 5.74) is 10.7. The van der Waals surface area contributed by atoms with E-state index in [4.69, 9.17) is 10.8 Å². The Labute approximate surface area is 151 Å². The molecule has 0 aliphatic rings. The number of nitrogens with two attached hydrogens (primary N) is 1. The molecule has 2 heterocycles. The number of rotatable bonds is 5. The van der Waals surface area contributed by atoms with Gasteiger partial charge < -0.3 is 11.1 Å². The molecular weight excluding hydrogens is 324 g/mol. The van der Waals surface area contributed by atoms with Gasteiger partial charge in [0.05, 0.1) is 11.9 Å². The summed E-state index contributed by atoms with van der Waals surface area (Å²) in [5, 5.41) is 8.77. The maximum atomic E-state index is 5.69. The summed E-state index contributed by atoms with van der Waals surface area (Å²) in [6.07, 6.45) is 1.83. The van der Waals surface area contributed by atoms with Gasteiger partial charge in [0.1, 0.15) is 5.69 Å². The smallest absolute Gasteiger partial charge is 0.224 e. The van der Waals surface area contributed by atoms with Crippen LogP contribution >= 0.6 is 0 Å². The molecule has 0 bridgehead atoms. The van der Waals surface area contributed by atoms with E-state index >= 15 is 0 Å². The Bertz CT molecular complexity index is 1020. The van der Waals surface area contributed by atoms with Gasteiger partial charge >= 0.3 is 0 Å². The summed E-state index contributed by atoms with van der Waals surface area (Å²) in [7, 11) is 1.81. The lowest BCUT2D eigenvalue weighted by Crippen LogP contribution is -2.05. The Balaban J connectivity index is 1.82. The molecule has 4 rings (SSSR count). The quantitative estimate of drug-likeness (QED) is 0.581. The van der Waals surface area contributed by atoms with Gasteiger partial charge in [-0.15, -0.1) is 0 Å². The van der Waals surface area contributed by atoms with Crippen LogP contribution in [0.3, 0.4) is 0 Å². The van der Waals surface area contributed by atoms with E-state index < -0.39 is 0 Å². The summed E-state index contributed by atoms with van der Waals surface area (Å²) in [6, 6.07) is 18.4. The maximum absolute atomic E-state index is 5.69. The van der Waals surface area contributed by atoms with Gasteiger partial charge in [-0.05, 0) is 11.1 Å². The molecule has 26 heavy (non-hydrogen) atoms. The van der Waals surface area contributed by atoms with Crippen molar-refractivity contribution in [2.45, 2.75) is 13.1 Å². The second-order valence-electron chi connectivity index (χ2n) is 6.07. The molecule has 2 aromatic carbocycles. The van der Waals surface area contributed by atoms with Gasteiger partial charge in [0.15, 0.2) is 5.65 Å². The molecule has 0 unspecified atom stereocenters. The van der Waals surface area contributed by atoms with Crippen LogP contribution in [0.4, 0.5) is 5.95 Å². The number of benzene rings is 2. The molecule has 6 heteroatoms. The van der Waals surface area contributed by atoms with Crippen LogP contribution in [0, 0.1) is 0 Å². The third kappa shape index (κ3) is 3.02. The summed E-state index contributed by atoms with van der Waals surface area (Å²) in [4.78, 5) is 8.99. The third-order valence-electron chi connectivity index (χ3n) is 4.35. The highest BCUT2D eigenvalue weighted by Gasteiger charge is 2.15. The minimum atomic E-state index is 0.544. The number of hydrogen-bond donors (Lipinski definition) is 2. The molecule has 4 aromatic rings. The zero-order valence-electron chi connectivity index (χ0n) is 14.6. The van der Waals surface area contributed by atoms with E-state index in [1.54, 1.807) is 0 Å². The monoisotopic (exact) mass is 344 g/mol. The molecule has 3 N–H and O–H groups in total. The topological polar surface area (TPSA) is 81.7 Å². The summed E-state index contributed by atoms with van der Waals surface area (Å²) in [5.74, 6) is 0.580. The van der Waals surface area contributed by atoms with Crippen LogP contribution in [0.25, 0.3) is 22.3 Å². The predicted molar refractivity (Wildman–Crippen MR) is 104 cm³/mol. The van der Waals surface area contributed by atoms with Crippen molar-refractivity contribution in [1.82, 2.24) is 19.7 Å². The lowest BCUT2D eigenvalue weighted by Gasteiger charge is -2.05. The zero-order chi connectivity index (χ0) is 17.9. The third-order valence-corrected chi connectivity index (χ3v) is 4.35. The van der Waals surface area contributed by atoms with Crippen LogP contribution in [-0.4, -0.2) is 26.8 Å². The highest BCUT2D eigenvalue weighted by molar-refractivity contribution is 5.91. The van der Waals surface area contributed by atoms with E-state index in [-0.39, 0.29) is 0 Å². The van der Waals surface area contributed by atoms with E-state index in [1.165, 1.54) is 0 Å². The second-order valence-corrected chi connectivity index (χ2v) is 6.07. The van der Waals surface area contributed by atoms with E-state index in [0.29, 0.717) is 19.0 Å². The number of anilines is 1. The molecular formula is C20H20N6. The summed E-state index contributed by atoms with van der Waals surface area (Å²) < 4.78 is 1.93. The molecule has 130 valence electrons. The van der Waals surface area contributed by atoms with Crippen LogP contribution in [0.5, 0.6) is 0 Å². The Kier molecular flexibility index (Phi) is 4.33. The molecule has 0 aliphatic heterocycles. The lowest BCUT2D eigenvalue weighted by molar-refractivity contribution is 0.706. The van der Waals surface area contributed by atoms with Gasteiger partial charge in [0.25, 0.3) is 0 Å². The number of fused-ring (bicyclic) bond motifs is 1. The average Bonchev–Trinajstić information content (AvgIpc) is 3.07. The molecule has 0 aliphatic carbocycles. The van der Waals surface area contributed by atoms with Crippen LogP contribution in [0.15, 0.2) is 60.8 Å². The first-order chi connectivity index (χ1) is 12.8. The maximum Gasteiger partial charge on any atom is 0.224 e. The first-order valence-corrected chi connectivity index (χ1v) is 8.53. The molecule has 0 atom stereocenters. The second kappa shape index (κ2) is 6.93. The normalized spacial score (nSPS) is 11.0. The van der Waals surface area contributed by atoms with Crippen molar-refractivity contribution in [3.63, 3.8) is 0 Å². The number of nitrogens with zero attached hydrogens (tertiary/aromatic N) is 4. The van der Waals surface area contributed by atoms with Crippen molar-refractivity contribution < 1.29 is 0 Å². The number of nitrogens with one attached hydrogen (secondary N) is 1. The average molecular weight is 344 g/mol. The largest absolute Gasteiger partial charge is 0.357 e. The van der Waals surface area contributed by atoms with Crippen molar-refractivity contribution in [2.24, 2.45) is 5.73 Å². The Morgan fingerprint density at radius 2 is 1.73 bits per heavy atom. The van der Waals surface area contributed by atoms with Crippen LogP contribution in [0.2, 0.25) is 0 Å². The predicted octanol–water partition coefficient (Wildman–Crippen LogP) is 3.04. The Morgan fingerprint density at radius 3 is 2.42 bits per heavy atom. The summed E-state index contributed by atoms with van der Waals surface area (Å²) >= 11 is 0. The molecule has 0 saturated carbocycles. The first-order valence-electron chi connectivity index (χ1n) is 8.53. The molecule has 6 nitrogen and oxygen atoms in total. The molecule has 0 fully saturated rings. The van der Waals surface area contributed by atoms with E-state index in [1.807, 2.05) is 60.4 Å². The van der Waals surface area contributed by atoms with Gasteiger partial charge in [-0.3, -0.25) is 0 Å². The van der Waals surface area contributed by atoms with Crippen LogP contribution in [0.1, 0.15) is 11.1 Å². The summed E-state index contributed by atoms with van der Waals surface area (Å²) in [6.45, 7) is 1.18. The van der Waals surface area contributed by atoms with Crippen molar-refractivity contribution in [1.29, 1.82) is 0 Å². The van der Waals surface area contributed by atoms with Gasteiger partial charge in [0, 0.05) is 25.4 Å². The zero-order valence-corrected chi connectivity index (χ0v) is 14.6. The standard InChI is InChI=1S/C20H20N6/c1-22-20-23-12-17-18(16-5-3-2-4-6-16)25-26(19(17)24-20)13-15-9-7-14(11-21)8-10-15/h2-10,12H,11,13,21H2,1H3,(H,22,23,24). The highest BCUT2D eigenvalue weighted by atomic mass is 15.3.